The number of nitrogens with one attached hydrogen (secondary N) is 1. The fourth-order valence-corrected chi connectivity index (χ4v) is 2.44. The molecule has 0 atom stereocenters. The van der Waals surface area contributed by atoms with Crippen molar-refractivity contribution in [2.75, 3.05) is 24.3 Å². The van der Waals surface area contributed by atoms with E-state index in [0.717, 1.165) is 12.2 Å². The van der Waals surface area contributed by atoms with Crippen molar-refractivity contribution in [1.29, 1.82) is 0 Å². The van der Waals surface area contributed by atoms with E-state index in [-0.39, 0.29) is 0 Å². The lowest BCUT2D eigenvalue weighted by Crippen LogP contribution is -2.15. The minimum atomic E-state index is 0.356. The smallest absolute Gasteiger partial charge is 0.232 e. The van der Waals surface area contributed by atoms with Crippen molar-refractivity contribution in [1.82, 2.24) is 24.7 Å². The van der Waals surface area contributed by atoms with Gasteiger partial charge in [-0.15, -0.1) is 0 Å². The van der Waals surface area contributed by atoms with E-state index in [9.17, 15) is 0 Å². The third-order valence-corrected chi connectivity index (χ3v) is 3.35. The number of anilines is 3. The molecule has 23 heavy (non-hydrogen) atoms. The molecule has 0 aliphatic carbocycles. The zero-order valence-corrected chi connectivity index (χ0v) is 15.1. The van der Waals surface area contributed by atoms with Crippen LogP contribution in [0.4, 0.5) is 17.6 Å². The summed E-state index contributed by atoms with van der Waals surface area (Å²) in [5.74, 6) is 2.77. The molecule has 2 heterocycles. The molecule has 0 fully saturated rings. The quantitative estimate of drug-likeness (QED) is 0.883. The van der Waals surface area contributed by atoms with Gasteiger partial charge in [0, 0.05) is 20.6 Å². The molecule has 126 valence electrons. The van der Waals surface area contributed by atoms with E-state index < -0.39 is 0 Å². The van der Waals surface area contributed by atoms with E-state index in [0.29, 0.717) is 29.6 Å². The third kappa shape index (κ3) is 4.18. The second kappa shape index (κ2) is 6.93. The second-order valence-corrected chi connectivity index (χ2v) is 6.70. The molecule has 0 aliphatic rings. The molecule has 0 radical (unpaired) electrons. The summed E-state index contributed by atoms with van der Waals surface area (Å²) < 4.78 is 2.07. The van der Waals surface area contributed by atoms with E-state index in [1.54, 1.807) is 0 Å². The highest BCUT2D eigenvalue weighted by atomic mass is 15.3. The topological polar surface area (TPSA) is 71.8 Å². The van der Waals surface area contributed by atoms with Crippen LogP contribution in [0.2, 0.25) is 0 Å². The molecule has 0 amide bonds. The minimum absolute atomic E-state index is 0.356. The molecule has 0 saturated heterocycles. The Morgan fingerprint density at radius 1 is 1.13 bits per heavy atom. The molecule has 0 aliphatic heterocycles. The van der Waals surface area contributed by atoms with E-state index >= 15 is 0 Å². The van der Waals surface area contributed by atoms with Crippen molar-refractivity contribution in [3.05, 3.63) is 17.7 Å². The lowest BCUT2D eigenvalue weighted by molar-refractivity contribution is 0.462. The average molecular weight is 317 g/mol. The first kappa shape index (κ1) is 17.2. The van der Waals surface area contributed by atoms with Crippen LogP contribution in [-0.4, -0.2) is 38.8 Å². The first-order chi connectivity index (χ1) is 10.8. The lowest BCUT2D eigenvalue weighted by Gasteiger charge is -2.15. The molecule has 0 spiro atoms. The largest absolute Gasteiger partial charge is 0.347 e. The van der Waals surface area contributed by atoms with E-state index in [4.69, 9.17) is 0 Å². The first-order valence-corrected chi connectivity index (χ1v) is 8.00. The number of hydrogen-bond donors (Lipinski definition) is 1. The summed E-state index contributed by atoms with van der Waals surface area (Å²) in [6.07, 6.45) is 1.85. The third-order valence-electron chi connectivity index (χ3n) is 3.35. The molecular formula is C16H27N7. The molecular weight excluding hydrogens is 290 g/mol. The van der Waals surface area contributed by atoms with Crippen LogP contribution in [0.3, 0.4) is 0 Å². The van der Waals surface area contributed by atoms with Crippen LogP contribution >= 0.6 is 0 Å². The Morgan fingerprint density at radius 3 is 2.39 bits per heavy atom. The summed E-state index contributed by atoms with van der Waals surface area (Å²) >= 11 is 0. The van der Waals surface area contributed by atoms with Gasteiger partial charge in [0.1, 0.15) is 5.82 Å². The molecule has 2 aromatic heterocycles. The van der Waals surface area contributed by atoms with Gasteiger partial charge in [0.05, 0.1) is 17.6 Å². The maximum Gasteiger partial charge on any atom is 0.232 e. The molecule has 0 saturated carbocycles. The summed E-state index contributed by atoms with van der Waals surface area (Å²) in [4.78, 5) is 15.0. The SMILES string of the molecule is Cc1nc(Nc2cnn(CC(C)C)c2C(C)C)nc(N(C)C)n1. The predicted octanol–water partition coefficient (Wildman–Crippen LogP) is 2.97. The number of rotatable bonds is 6. The van der Waals surface area contributed by atoms with Crippen molar-refractivity contribution in [2.45, 2.75) is 47.1 Å². The molecule has 1 N–H and O–H groups in total. The summed E-state index contributed by atoms with van der Waals surface area (Å²) in [6.45, 7) is 11.5. The van der Waals surface area contributed by atoms with Gasteiger partial charge in [-0.05, 0) is 18.8 Å². The van der Waals surface area contributed by atoms with Gasteiger partial charge in [0.25, 0.3) is 0 Å². The highest BCUT2D eigenvalue weighted by Crippen LogP contribution is 2.27. The fourth-order valence-electron chi connectivity index (χ4n) is 2.44. The van der Waals surface area contributed by atoms with E-state index in [1.807, 2.05) is 32.1 Å². The van der Waals surface area contributed by atoms with Crippen LogP contribution in [0.5, 0.6) is 0 Å². The van der Waals surface area contributed by atoms with Gasteiger partial charge in [-0.25, -0.2) is 0 Å². The molecule has 0 bridgehead atoms. The van der Waals surface area contributed by atoms with Crippen LogP contribution in [0.1, 0.15) is 45.1 Å². The first-order valence-electron chi connectivity index (χ1n) is 8.00. The van der Waals surface area contributed by atoms with Crippen LogP contribution in [-0.2, 0) is 6.54 Å². The van der Waals surface area contributed by atoms with Crippen LogP contribution in [0.25, 0.3) is 0 Å². The Labute approximate surface area is 138 Å². The van der Waals surface area contributed by atoms with Crippen LogP contribution in [0.15, 0.2) is 6.20 Å². The predicted molar refractivity (Wildman–Crippen MR) is 93.3 cm³/mol. The van der Waals surface area contributed by atoms with Gasteiger partial charge in [-0.2, -0.15) is 20.1 Å². The highest BCUT2D eigenvalue weighted by Gasteiger charge is 2.16. The summed E-state index contributed by atoms with van der Waals surface area (Å²) in [5.41, 5.74) is 2.12. The van der Waals surface area contributed by atoms with E-state index in [2.05, 4.69) is 57.7 Å². The molecule has 0 unspecified atom stereocenters. The number of aromatic nitrogens is 5. The Morgan fingerprint density at radius 2 is 1.83 bits per heavy atom. The average Bonchev–Trinajstić information content (AvgIpc) is 2.79. The molecule has 0 aromatic carbocycles. The zero-order chi connectivity index (χ0) is 17.1. The van der Waals surface area contributed by atoms with Crippen molar-refractivity contribution >= 4 is 17.6 Å². The fraction of sp³-hybridized carbons (Fsp3) is 0.625. The molecule has 2 rings (SSSR count). The van der Waals surface area contributed by atoms with Gasteiger partial charge in [-0.3, -0.25) is 4.68 Å². The standard InChI is InChI=1S/C16H27N7/c1-10(2)9-23-14(11(3)4)13(8-17-23)20-15-18-12(5)19-16(21-15)22(6)7/h8,10-11H,9H2,1-7H3,(H,18,19,20,21). The van der Waals surface area contributed by atoms with Crippen molar-refractivity contribution in [3.63, 3.8) is 0 Å². The number of hydrogen-bond acceptors (Lipinski definition) is 6. The number of aryl methyl sites for hydroxylation is 1. The molecule has 7 heteroatoms. The Balaban J connectivity index is 2.35. The second-order valence-electron chi connectivity index (χ2n) is 6.70. The Kier molecular flexibility index (Phi) is 5.18. The monoisotopic (exact) mass is 317 g/mol. The molecule has 2 aromatic rings. The van der Waals surface area contributed by atoms with Gasteiger partial charge in [0.15, 0.2) is 0 Å². The van der Waals surface area contributed by atoms with Gasteiger partial charge >= 0.3 is 0 Å². The Bertz CT molecular complexity index is 658. The summed E-state index contributed by atoms with van der Waals surface area (Å²) in [7, 11) is 3.83. The highest BCUT2D eigenvalue weighted by molar-refractivity contribution is 5.57. The van der Waals surface area contributed by atoms with Gasteiger partial charge in [0.2, 0.25) is 11.9 Å². The molecule has 7 nitrogen and oxygen atoms in total. The Hall–Kier alpha value is -2.18. The van der Waals surface area contributed by atoms with Crippen molar-refractivity contribution in [2.24, 2.45) is 5.92 Å². The van der Waals surface area contributed by atoms with Crippen LogP contribution in [0, 0.1) is 12.8 Å². The lowest BCUT2D eigenvalue weighted by atomic mass is 10.1. The van der Waals surface area contributed by atoms with Gasteiger partial charge < -0.3 is 10.2 Å². The number of nitrogens with zero attached hydrogens (tertiary/aromatic N) is 6. The van der Waals surface area contributed by atoms with Crippen molar-refractivity contribution in [3.8, 4) is 0 Å². The van der Waals surface area contributed by atoms with Crippen molar-refractivity contribution < 1.29 is 0 Å². The maximum absolute atomic E-state index is 4.53. The van der Waals surface area contributed by atoms with Crippen LogP contribution < -0.4 is 10.2 Å². The zero-order valence-electron chi connectivity index (χ0n) is 15.1. The summed E-state index contributed by atoms with van der Waals surface area (Å²) in [5, 5.41) is 7.84. The summed E-state index contributed by atoms with van der Waals surface area (Å²) in [6, 6.07) is 0. The van der Waals surface area contributed by atoms with E-state index in [1.165, 1.54) is 5.69 Å². The maximum atomic E-state index is 4.53. The normalized spacial score (nSPS) is 11.3. The van der Waals surface area contributed by atoms with Gasteiger partial charge in [-0.1, -0.05) is 27.7 Å². The minimum Gasteiger partial charge on any atom is -0.347 e.